The van der Waals surface area contributed by atoms with Crippen LogP contribution < -0.4 is 5.32 Å². The Morgan fingerprint density at radius 3 is 2.64 bits per heavy atom. The Balaban J connectivity index is 1.41. The minimum absolute atomic E-state index is 0.245. The van der Waals surface area contributed by atoms with Gasteiger partial charge in [-0.2, -0.15) is 0 Å². The predicted octanol–water partition coefficient (Wildman–Crippen LogP) is 4.21. The Labute approximate surface area is 151 Å². The van der Waals surface area contributed by atoms with E-state index >= 15 is 0 Å². The van der Waals surface area contributed by atoms with E-state index in [0.717, 1.165) is 42.2 Å². The summed E-state index contributed by atoms with van der Waals surface area (Å²) in [4.78, 5) is 6.54. The van der Waals surface area contributed by atoms with Gasteiger partial charge in [0.15, 0.2) is 5.11 Å². The number of fused-ring (bicyclic) bond motifs is 1. The third-order valence-electron chi connectivity index (χ3n) is 4.71. The van der Waals surface area contributed by atoms with Crippen molar-refractivity contribution in [3.63, 3.8) is 0 Å². The fourth-order valence-electron chi connectivity index (χ4n) is 3.37. The number of anilines is 1. The van der Waals surface area contributed by atoms with Gasteiger partial charge in [0.05, 0.1) is 17.4 Å². The number of imidazole rings is 1. The van der Waals surface area contributed by atoms with Crippen LogP contribution in [-0.4, -0.2) is 32.7 Å². The molecule has 1 N–H and O–H groups in total. The lowest BCUT2D eigenvalue weighted by molar-refractivity contribution is 0.272. The van der Waals surface area contributed by atoms with Crippen molar-refractivity contribution in [1.29, 1.82) is 0 Å². The minimum atomic E-state index is -0.245. The van der Waals surface area contributed by atoms with E-state index in [0.29, 0.717) is 11.6 Å². The van der Waals surface area contributed by atoms with Crippen molar-refractivity contribution < 1.29 is 4.39 Å². The number of rotatable bonds is 2. The molecular formula is C19H19FN4S. The van der Waals surface area contributed by atoms with Crippen LogP contribution in [0.25, 0.3) is 11.0 Å². The standard InChI is InChI=1S/C19H19FN4S/c20-14-6-7-18-17(12-14)21-13-24(18)16-8-10-23(11-9-16)19(25)22-15-4-2-1-3-5-15/h1-7,12-13,16H,8-11H2,(H,22,25). The average molecular weight is 354 g/mol. The van der Waals surface area contributed by atoms with E-state index < -0.39 is 0 Å². The number of likely N-dealkylation sites (tertiary alicyclic amines) is 1. The van der Waals surface area contributed by atoms with Gasteiger partial charge in [-0.1, -0.05) is 18.2 Å². The number of nitrogens with zero attached hydrogens (tertiary/aromatic N) is 3. The summed E-state index contributed by atoms with van der Waals surface area (Å²) in [5.41, 5.74) is 2.71. The van der Waals surface area contributed by atoms with Gasteiger partial charge in [0.25, 0.3) is 0 Å². The summed E-state index contributed by atoms with van der Waals surface area (Å²) < 4.78 is 15.5. The number of hydrogen-bond acceptors (Lipinski definition) is 2. The van der Waals surface area contributed by atoms with Crippen molar-refractivity contribution in [3.05, 3.63) is 60.7 Å². The minimum Gasteiger partial charge on any atom is -0.349 e. The lowest BCUT2D eigenvalue weighted by Gasteiger charge is -2.34. The highest BCUT2D eigenvalue weighted by atomic mass is 32.1. The molecule has 1 aromatic heterocycles. The van der Waals surface area contributed by atoms with Gasteiger partial charge in [-0.05, 0) is 49.3 Å². The molecule has 1 aliphatic rings. The molecule has 0 spiro atoms. The Bertz CT molecular complexity index is 885. The summed E-state index contributed by atoms with van der Waals surface area (Å²) in [6, 6.07) is 15.1. The molecule has 0 bridgehead atoms. The third-order valence-corrected chi connectivity index (χ3v) is 5.07. The number of halogens is 1. The zero-order valence-electron chi connectivity index (χ0n) is 13.7. The first-order valence-corrected chi connectivity index (χ1v) is 8.84. The summed E-state index contributed by atoms with van der Waals surface area (Å²) >= 11 is 5.54. The summed E-state index contributed by atoms with van der Waals surface area (Å²) in [7, 11) is 0. The van der Waals surface area contributed by atoms with Gasteiger partial charge in [0.1, 0.15) is 5.82 Å². The molecule has 1 fully saturated rings. The SMILES string of the molecule is Fc1ccc2c(c1)ncn2C1CCN(C(=S)Nc2ccccc2)CC1. The summed E-state index contributed by atoms with van der Waals surface area (Å²) in [5.74, 6) is -0.245. The van der Waals surface area contributed by atoms with E-state index in [9.17, 15) is 4.39 Å². The quantitative estimate of drug-likeness (QED) is 0.699. The normalized spacial score (nSPS) is 15.5. The highest BCUT2D eigenvalue weighted by Gasteiger charge is 2.23. The number of nitrogens with one attached hydrogen (secondary N) is 1. The van der Waals surface area contributed by atoms with Crippen LogP contribution in [0.4, 0.5) is 10.1 Å². The number of hydrogen-bond donors (Lipinski definition) is 1. The number of piperidine rings is 1. The Morgan fingerprint density at radius 1 is 1.12 bits per heavy atom. The molecule has 2 aromatic carbocycles. The molecule has 3 aromatic rings. The van der Waals surface area contributed by atoms with Crippen LogP contribution >= 0.6 is 12.2 Å². The van der Waals surface area contributed by atoms with Crippen LogP contribution in [-0.2, 0) is 0 Å². The summed E-state index contributed by atoms with van der Waals surface area (Å²) in [6.07, 6.45) is 3.80. The molecule has 0 unspecified atom stereocenters. The number of aromatic nitrogens is 2. The van der Waals surface area contributed by atoms with Crippen molar-refractivity contribution in [2.24, 2.45) is 0 Å². The molecule has 2 heterocycles. The maximum atomic E-state index is 13.3. The van der Waals surface area contributed by atoms with Crippen molar-refractivity contribution >= 4 is 34.1 Å². The van der Waals surface area contributed by atoms with Gasteiger partial charge in [-0.3, -0.25) is 0 Å². The molecule has 128 valence electrons. The maximum Gasteiger partial charge on any atom is 0.173 e. The van der Waals surface area contributed by atoms with E-state index in [1.54, 1.807) is 0 Å². The monoisotopic (exact) mass is 354 g/mol. The molecule has 0 saturated carbocycles. The fourth-order valence-corrected chi connectivity index (χ4v) is 3.67. The molecule has 0 amide bonds. The van der Waals surface area contributed by atoms with Gasteiger partial charge < -0.3 is 14.8 Å². The van der Waals surface area contributed by atoms with E-state index in [1.807, 2.05) is 42.7 Å². The molecule has 4 rings (SSSR count). The number of thiocarbonyl (C=S) groups is 1. The molecule has 4 nitrogen and oxygen atoms in total. The van der Waals surface area contributed by atoms with Crippen LogP contribution in [0, 0.1) is 5.82 Å². The smallest absolute Gasteiger partial charge is 0.173 e. The molecule has 6 heteroatoms. The molecule has 0 aliphatic carbocycles. The third kappa shape index (κ3) is 3.35. The first kappa shape index (κ1) is 16.0. The van der Waals surface area contributed by atoms with Gasteiger partial charge in [-0.15, -0.1) is 0 Å². The highest BCUT2D eigenvalue weighted by molar-refractivity contribution is 7.80. The van der Waals surface area contributed by atoms with E-state index in [4.69, 9.17) is 12.2 Å². The zero-order chi connectivity index (χ0) is 17.2. The maximum absolute atomic E-state index is 13.3. The van der Waals surface area contributed by atoms with Crippen LogP contribution in [0.1, 0.15) is 18.9 Å². The average Bonchev–Trinajstić information content (AvgIpc) is 3.05. The predicted molar refractivity (Wildman–Crippen MR) is 102 cm³/mol. The van der Waals surface area contributed by atoms with E-state index in [-0.39, 0.29) is 5.82 Å². The van der Waals surface area contributed by atoms with E-state index in [2.05, 4.69) is 19.8 Å². The fraction of sp³-hybridized carbons (Fsp3) is 0.263. The van der Waals surface area contributed by atoms with Crippen LogP contribution in [0.15, 0.2) is 54.9 Å². The lowest BCUT2D eigenvalue weighted by Crippen LogP contribution is -2.41. The van der Waals surface area contributed by atoms with Crippen molar-refractivity contribution in [1.82, 2.24) is 14.5 Å². The number of para-hydroxylation sites is 1. The zero-order valence-corrected chi connectivity index (χ0v) is 14.5. The summed E-state index contributed by atoms with van der Waals surface area (Å²) in [6.45, 7) is 1.79. The van der Waals surface area contributed by atoms with Crippen molar-refractivity contribution in [2.45, 2.75) is 18.9 Å². The summed E-state index contributed by atoms with van der Waals surface area (Å²) in [5, 5.41) is 4.06. The molecular weight excluding hydrogens is 335 g/mol. The highest BCUT2D eigenvalue weighted by Crippen LogP contribution is 2.27. The van der Waals surface area contributed by atoms with E-state index in [1.165, 1.54) is 12.1 Å². The lowest BCUT2D eigenvalue weighted by atomic mass is 10.0. The number of benzene rings is 2. The molecule has 25 heavy (non-hydrogen) atoms. The topological polar surface area (TPSA) is 33.1 Å². The second-order valence-corrected chi connectivity index (χ2v) is 6.69. The van der Waals surface area contributed by atoms with Crippen LogP contribution in [0.3, 0.4) is 0 Å². The molecule has 1 aliphatic heterocycles. The van der Waals surface area contributed by atoms with Gasteiger partial charge in [0.2, 0.25) is 0 Å². The Hall–Kier alpha value is -2.47. The van der Waals surface area contributed by atoms with Gasteiger partial charge in [0, 0.05) is 30.9 Å². The largest absolute Gasteiger partial charge is 0.349 e. The van der Waals surface area contributed by atoms with Crippen LogP contribution in [0.5, 0.6) is 0 Å². The Kier molecular flexibility index (Phi) is 4.36. The second-order valence-electron chi connectivity index (χ2n) is 6.30. The van der Waals surface area contributed by atoms with Crippen LogP contribution in [0.2, 0.25) is 0 Å². The van der Waals surface area contributed by atoms with Gasteiger partial charge >= 0.3 is 0 Å². The Morgan fingerprint density at radius 2 is 1.88 bits per heavy atom. The molecule has 1 saturated heterocycles. The van der Waals surface area contributed by atoms with Crippen molar-refractivity contribution in [2.75, 3.05) is 18.4 Å². The van der Waals surface area contributed by atoms with Gasteiger partial charge in [-0.25, -0.2) is 9.37 Å². The molecule has 0 atom stereocenters. The molecule has 0 radical (unpaired) electrons. The first-order chi connectivity index (χ1) is 12.2. The van der Waals surface area contributed by atoms with Crippen molar-refractivity contribution in [3.8, 4) is 0 Å². The first-order valence-electron chi connectivity index (χ1n) is 8.44. The second kappa shape index (κ2) is 6.80.